The van der Waals surface area contributed by atoms with Gasteiger partial charge in [0.2, 0.25) is 5.91 Å². The molecule has 2 aromatic carbocycles. The van der Waals surface area contributed by atoms with Crippen LogP contribution in [0.15, 0.2) is 48.7 Å². The largest absolute Gasteiger partial charge is 0.493 e. The van der Waals surface area contributed by atoms with Gasteiger partial charge in [-0.1, -0.05) is 18.2 Å². The molecule has 0 spiro atoms. The van der Waals surface area contributed by atoms with Gasteiger partial charge >= 0.3 is 5.97 Å². The van der Waals surface area contributed by atoms with Gasteiger partial charge in [0.25, 0.3) is 5.91 Å². The second-order valence-corrected chi connectivity index (χ2v) is 7.40. The molecule has 0 bridgehead atoms. The Hall–Kier alpha value is -4.34. The summed E-state index contributed by atoms with van der Waals surface area (Å²) in [7, 11) is 1.42. The number of halogens is 1. The Labute approximate surface area is 187 Å². The zero-order valence-electron chi connectivity index (χ0n) is 17.5. The van der Waals surface area contributed by atoms with Crippen molar-refractivity contribution in [3.8, 4) is 17.2 Å². The molecule has 0 unspecified atom stereocenters. The predicted octanol–water partition coefficient (Wildman–Crippen LogP) is 2.66. The van der Waals surface area contributed by atoms with Crippen molar-refractivity contribution in [2.75, 3.05) is 19.0 Å². The molecule has 0 aliphatic carbocycles. The van der Waals surface area contributed by atoms with Crippen LogP contribution in [0.5, 0.6) is 11.5 Å². The molecule has 1 aliphatic heterocycles. The maximum Gasteiger partial charge on any atom is 0.339 e. The SMILES string of the molecule is COc1cc([C@@H]2CC(=O)Nc3c(C(=O)O)cn(-c4ccccc4F)c32)ccc1OCC(N)=O. The van der Waals surface area contributed by atoms with E-state index >= 15 is 0 Å². The van der Waals surface area contributed by atoms with Crippen molar-refractivity contribution in [2.45, 2.75) is 12.3 Å². The Morgan fingerprint density at radius 1 is 1.24 bits per heavy atom. The van der Waals surface area contributed by atoms with E-state index in [-0.39, 0.29) is 41.6 Å². The van der Waals surface area contributed by atoms with E-state index in [9.17, 15) is 23.9 Å². The molecule has 4 rings (SSSR count). The highest BCUT2D eigenvalue weighted by Crippen LogP contribution is 2.43. The van der Waals surface area contributed by atoms with Crippen molar-refractivity contribution in [1.29, 1.82) is 0 Å². The topological polar surface area (TPSA) is 133 Å². The van der Waals surface area contributed by atoms with Gasteiger partial charge in [-0.2, -0.15) is 0 Å². The first-order valence-electron chi connectivity index (χ1n) is 9.92. The van der Waals surface area contributed by atoms with Crippen LogP contribution in [0.1, 0.15) is 34.0 Å². The Morgan fingerprint density at radius 2 is 2.00 bits per heavy atom. The van der Waals surface area contributed by atoms with Crippen LogP contribution in [0.25, 0.3) is 5.69 Å². The van der Waals surface area contributed by atoms with Crippen LogP contribution in [0.2, 0.25) is 0 Å². The van der Waals surface area contributed by atoms with Gasteiger partial charge < -0.3 is 30.2 Å². The number of carboxylic acid groups (broad SMARTS) is 1. The Bertz CT molecular complexity index is 1270. The number of rotatable bonds is 7. The van der Waals surface area contributed by atoms with Crippen LogP contribution in [0.3, 0.4) is 0 Å². The van der Waals surface area contributed by atoms with Gasteiger partial charge in [-0.05, 0) is 29.8 Å². The molecule has 2 amide bonds. The normalized spacial score (nSPS) is 14.8. The quantitative estimate of drug-likeness (QED) is 0.504. The molecule has 9 nitrogen and oxygen atoms in total. The number of methoxy groups -OCH3 is 1. The standard InChI is InChI=1S/C23H20FN3O6/c1-32-18-8-12(6-7-17(18)33-11-19(25)28)13-9-20(29)26-21-14(23(30)31)10-27(22(13)21)16-5-3-2-4-15(16)24/h2-8,10,13H,9,11H2,1H3,(H2,25,28)(H,26,29)(H,30,31)/t13-/m0/s1. The first-order chi connectivity index (χ1) is 15.8. The number of para-hydroxylation sites is 1. The van der Waals surface area contributed by atoms with Crippen LogP contribution >= 0.6 is 0 Å². The molecule has 4 N–H and O–H groups in total. The molecule has 170 valence electrons. The van der Waals surface area contributed by atoms with E-state index in [1.807, 2.05) is 0 Å². The molecule has 0 fully saturated rings. The highest BCUT2D eigenvalue weighted by Gasteiger charge is 2.35. The lowest BCUT2D eigenvalue weighted by Crippen LogP contribution is -2.25. The summed E-state index contributed by atoms with van der Waals surface area (Å²) in [5.74, 6) is -2.88. The number of carbonyl (C=O) groups excluding carboxylic acids is 2. The van der Waals surface area contributed by atoms with Gasteiger partial charge in [0.05, 0.1) is 24.2 Å². The van der Waals surface area contributed by atoms with Gasteiger partial charge in [0, 0.05) is 18.5 Å². The fraction of sp³-hybridized carbons (Fsp3) is 0.174. The maximum atomic E-state index is 14.7. The molecular formula is C23H20FN3O6. The number of carboxylic acids is 1. The maximum absolute atomic E-state index is 14.7. The molecule has 10 heteroatoms. The number of hydrogen-bond acceptors (Lipinski definition) is 5. The number of aromatic nitrogens is 1. The number of hydrogen-bond donors (Lipinski definition) is 3. The second-order valence-electron chi connectivity index (χ2n) is 7.40. The van der Waals surface area contributed by atoms with Gasteiger partial charge in [0.15, 0.2) is 18.1 Å². The monoisotopic (exact) mass is 453 g/mol. The smallest absolute Gasteiger partial charge is 0.339 e. The van der Waals surface area contributed by atoms with Crippen molar-refractivity contribution < 1.29 is 33.4 Å². The third-order valence-electron chi connectivity index (χ3n) is 5.33. The molecule has 1 aliphatic rings. The van der Waals surface area contributed by atoms with Crippen molar-refractivity contribution in [3.05, 3.63) is 71.3 Å². The number of nitrogens with one attached hydrogen (secondary N) is 1. The number of nitrogens with two attached hydrogens (primary N) is 1. The summed E-state index contributed by atoms with van der Waals surface area (Å²) in [6, 6.07) is 10.8. The van der Waals surface area contributed by atoms with E-state index in [4.69, 9.17) is 15.2 Å². The fourth-order valence-corrected chi connectivity index (χ4v) is 3.92. The summed E-state index contributed by atoms with van der Waals surface area (Å²) in [6.45, 7) is -0.343. The van der Waals surface area contributed by atoms with E-state index in [1.54, 1.807) is 24.3 Å². The van der Waals surface area contributed by atoms with Gasteiger partial charge in [0.1, 0.15) is 11.4 Å². The van der Waals surface area contributed by atoms with E-state index in [2.05, 4.69) is 5.32 Å². The minimum atomic E-state index is -1.25. The number of primary amides is 1. The first-order valence-corrected chi connectivity index (χ1v) is 9.92. The van der Waals surface area contributed by atoms with Crippen LogP contribution in [0, 0.1) is 5.82 Å². The number of aromatic carboxylic acids is 1. The minimum absolute atomic E-state index is 0.00479. The lowest BCUT2D eigenvalue weighted by molar-refractivity contribution is -0.120. The number of ether oxygens (including phenoxy) is 2. The summed E-state index contributed by atoms with van der Waals surface area (Å²) in [5, 5.41) is 12.3. The molecule has 33 heavy (non-hydrogen) atoms. The average Bonchev–Trinajstić information content (AvgIpc) is 3.16. The number of carbonyl (C=O) groups is 3. The third-order valence-corrected chi connectivity index (χ3v) is 5.33. The summed E-state index contributed by atoms with van der Waals surface area (Å²) in [4.78, 5) is 35.4. The van der Waals surface area contributed by atoms with Crippen LogP contribution < -0.4 is 20.5 Å². The van der Waals surface area contributed by atoms with Crippen molar-refractivity contribution in [3.63, 3.8) is 0 Å². The van der Waals surface area contributed by atoms with Gasteiger partial charge in [-0.25, -0.2) is 9.18 Å². The summed E-state index contributed by atoms with van der Waals surface area (Å²) in [5.41, 5.74) is 6.27. The van der Waals surface area contributed by atoms with Gasteiger partial charge in [-0.3, -0.25) is 9.59 Å². The molecule has 0 saturated heterocycles. The number of fused-ring (bicyclic) bond motifs is 1. The van der Waals surface area contributed by atoms with E-state index in [0.29, 0.717) is 17.0 Å². The number of amides is 2. The van der Waals surface area contributed by atoms with Crippen LogP contribution in [0.4, 0.5) is 10.1 Å². The van der Waals surface area contributed by atoms with E-state index < -0.39 is 23.6 Å². The molecule has 0 saturated carbocycles. The van der Waals surface area contributed by atoms with E-state index in [0.717, 1.165) is 0 Å². The Kier molecular flexibility index (Phi) is 5.74. The summed E-state index contributed by atoms with van der Waals surface area (Å²) >= 11 is 0. The molecule has 2 heterocycles. The van der Waals surface area contributed by atoms with E-state index in [1.165, 1.54) is 36.1 Å². The summed E-state index contributed by atoms with van der Waals surface area (Å²) < 4.78 is 26.8. The minimum Gasteiger partial charge on any atom is -0.493 e. The molecule has 1 aromatic heterocycles. The lowest BCUT2D eigenvalue weighted by Gasteiger charge is -2.27. The highest BCUT2D eigenvalue weighted by molar-refractivity contribution is 6.04. The third kappa shape index (κ3) is 4.10. The first kappa shape index (κ1) is 21.9. The number of benzene rings is 2. The molecule has 3 aromatic rings. The van der Waals surface area contributed by atoms with Gasteiger partial charge in [-0.15, -0.1) is 0 Å². The lowest BCUT2D eigenvalue weighted by atomic mass is 9.88. The Balaban J connectivity index is 1.88. The molecule has 1 atom stereocenters. The van der Waals surface area contributed by atoms with Crippen molar-refractivity contribution in [2.24, 2.45) is 5.73 Å². The zero-order chi connectivity index (χ0) is 23.7. The van der Waals surface area contributed by atoms with Crippen LogP contribution in [-0.2, 0) is 9.59 Å². The van der Waals surface area contributed by atoms with Crippen LogP contribution in [-0.4, -0.2) is 41.2 Å². The summed E-state index contributed by atoms with van der Waals surface area (Å²) in [6.07, 6.45) is 1.29. The predicted molar refractivity (Wildman–Crippen MR) is 115 cm³/mol. The fourth-order valence-electron chi connectivity index (χ4n) is 3.92. The Morgan fingerprint density at radius 3 is 2.67 bits per heavy atom. The van der Waals surface area contributed by atoms with Crippen molar-refractivity contribution >= 4 is 23.5 Å². The second kappa shape index (κ2) is 8.65. The highest BCUT2D eigenvalue weighted by atomic mass is 19.1. The molecular weight excluding hydrogens is 433 g/mol. The zero-order valence-corrected chi connectivity index (χ0v) is 17.5. The molecule has 0 radical (unpaired) electrons. The number of anilines is 1. The average molecular weight is 453 g/mol. The van der Waals surface area contributed by atoms with Crippen molar-refractivity contribution in [1.82, 2.24) is 4.57 Å². The number of nitrogens with zero attached hydrogens (tertiary/aromatic N) is 1.